The van der Waals surface area contributed by atoms with Crippen LogP contribution in [0.5, 0.6) is 0 Å². The smallest absolute Gasteiger partial charge is 0.280 e. The van der Waals surface area contributed by atoms with E-state index < -0.39 is 34.0 Å². The van der Waals surface area contributed by atoms with Crippen molar-refractivity contribution >= 4 is 44.7 Å². The number of benzene rings is 1. The van der Waals surface area contributed by atoms with Crippen molar-refractivity contribution in [2.24, 2.45) is 7.05 Å². The molecule has 3 heterocycles. The topological polar surface area (TPSA) is 96.3 Å². The van der Waals surface area contributed by atoms with E-state index in [1.165, 1.54) is 30.5 Å². The third kappa shape index (κ3) is 4.44. The van der Waals surface area contributed by atoms with E-state index in [1.807, 2.05) is 26.2 Å². The molecule has 2 N–H and O–H groups in total. The van der Waals surface area contributed by atoms with E-state index in [0.29, 0.717) is 0 Å². The van der Waals surface area contributed by atoms with Gasteiger partial charge >= 0.3 is 0 Å². The normalized spacial score (nSPS) is 20.9. The van der Waals surface area contributed by atoms with Gasteiger partial charge in [0.25, 0.3) is 10.2 Å². The lowest BCUT2D eigenvalue weighted by Crippen LogP contribution is -2.55. The lowest BCUT2D eigenvalue weighted by molar-refractivity contribution is -0.120. The van der Waals surface area contributed by atoms with Crippen LogP contribution in [0.25, 0.3) is 11.1 Å². The lowest BCUT2D eigenvalue weighted by atomic mass is 10.0. The third-order valence-corrected chi connectivity index (χ3v) is 8.40. The molecule has 2 unspecified atom stereocenters. The van der Waals surface area contributed by atoms with E-state index in [2.05, 4.69) is 15.1 Å². The Morgan fingerprint density at radius 2 is 2.09 bits per heavy atom. The molecule has 1 aliphatic heterocycles. The second-order valence-electron chi connectivity index (χ2n) is 7.58. The minimum Gasteiger partial charge on any atom is -0.325 e. The zero-order valence-corrected chi connectivity index (χ0v) is 19.9. The van der Waals surface area contributed by atoms with Gasteiger partial charge in [0.05, 0.1) is 17.3 Å². The zero-order chi connectivity index (χ0) is 23.2. The van der Waals surface area contributed by atoms with Crippen LogP contribution in [0.15, 0.2) is 36.7 Å². The summed E-state index contributed by atoms with van der Waals surface area (Å²) in [6, 6.07) is 4.19. The minimum atomic E-state index is -3.90. The monoisotopic (exact) mass is 497 g/mol. The van der Waals surface area contributed by atoms with Gasteiger partial charge in [-0.05, 0) is 43.2 Å². The van der Waals surface area contributed by atoms with E-state index in [-0.39, 0.29) is 17.1 Å². The number of aryl methyl sites for hydroxylation is 2. The van der Waals surface area contributed by atoms with Gasteiger partial charge in [-0.1, -0.05) is 11.6 Å². The molecule has 0 spiro atoms. The first-order valence-corrected chi connectivity index (χ1v) is 12.3. The van der Waals surface area contributed by atoms with Crippen LogP contribution in [-0.4, -0.2) is 41.5 Å². The van der Waals surface area contributed by atoms with Crippen molar-refractivity contribution in [1.82, 2.24) is 18.8 Å². The number of halogens is 2. The molecule has 1 saturated heterocycles. The number of likely N-dealkylation sites (N-methyl/N-ethyl adjacent to an activating group) is 1. The maximum Gasteiger partial charge on any atom is 0.280 e. The Bertz CT molecular complexity index is 1290. The van der Waals surface area contributed by atoms with Gasteiger partial charge in [0.15, 0.2) is 0 Å². The number of hydrogen-bond acceptors (Lipinski definition) is 5. The fourth-order valence-electron chi connectivity index (χ4n) is 3.62. The fourth-order valence-corrected chi connectivity index (χ4v) is 6.26. The van der Waals surface area contributed by atoms with E-state index in [1.54, 1.807) is 10.9 Å². The Kier molecular flexibility index (Phi) is 6.12. The van der Waals surface area contributed by atoms with Crippen molar-refractivity contribution < 1.29 is 17.6 Å². The molecule has 1 amide bonds. The van der Waals surface area contributed by atoms with Gasteiger partial charge in [0, 0.05) is 41.3 Å². The molecule has 1 fully saturated rings. The van der Waals surface area contributed by atoms with Crippen LogP contribution in [0, 0.1) is 12.7 Å². The first-order chi connectivity index (χ1) is 15.0. The summed E-state index contributed by atoms with van der Waals surface area (Å²) in [4.78, 5) is 14.8. The molecular weight excluding hydrogens is 477 g/mol. The Morgan fingerprint density at radius 1 is 1.34 bits per heavy atom. The van der Waals surface area contributed by atoms with Gasteiger partial charge in [-0.25, -0.2) is 4.39 Å². The van der Waals surface area contributed by atoms with Crippen LogP contribution in [0.4, 0.5) is 10.1 Å². The Balaban J connectivity index is 1.60. The maximum absolute atomic E-state index is 13.4. The number of carbonyl (C=O) groups excluding carboxylic acids is 1. The van der Waals surface area contributed by atoms with Crippen LogP contribution in [0.1, 0.15) is 22.2 Å². The summed E-state index contributed by atoms with van der Waals surface area (Å²) < 4.78 is 44.3. The Hall–Kier alpha value is -2.31. The molecular formula is C20H21ClFN5O3S2. The molecule has 1 aromatic carbocycles. The summed E-state index contributed by atoms with van der Waals surface area (Å²) in [5.41, 5.74) is 2.19. The standard InChI is InChI=1S/C20H21ClFN5O3S2/c1-11-14(12-9-23-26(2)10-12)7-19(31-11)17-8-18(27(3)32(29,30)25-17)20(28)24-13-4-5-16(22)15(21)6-13/h4-7,9-10,17-18,25H,8H2,1-3H3,(H,24,28). The highest BCUT2D eigenvalue weighted by Crippen LogP contribution is 2.38. The molecule has 0 saturated carbocycles. The summed E-state index contributed by atoms with van der Waals surface area (Å²) in [6.07, 6.45) is 3.87. The molecule has 4 rings (SSSR count). The summed E-state index contributed by atoms with van der Waals surface area (Å²) in [5, 5.41) is 6.69. The molecule has 8 nitrogen and oxygen atoms in total. The van der Waals surface area contributed by atoms with E-state index >= 15 is 0 Å². The SMILES string of the molecule is Cc1sc(C2CC(C(=O)Nc3ccc(F)c(Cl)c3)N(C)S(=O)(=O)N2)cc1-c1cnn(C)c1. The first-order valence-electron chi connectivity index (χ1n) is 9.65. The molecule has 3 aromatic rings. The van der Waals surface area contributed by atoms with Gasteiger partial charge in [-0.15, -0.1) is 11.3 Å². The number of rotatable bonds is 4. The molecule has 12 heteroatoms. The first kappa shape index (κ1) is 22.9. The van der Waals surface area contributed by atoms with Crippen LogP contribution >= 0.6 is 22.9 Å². The molecule has 2 atom stereocenters. The molecule has 0 aliphatic carbocycles. The summed E-state index contributed by atoms with van der Waals surface area (Å²) in [6.45, 7) is 1.96. The third-order valence-electron chi connectivity index (χ3n) is 5.35. The van der Waals surface area contributed by atoms with Crippen molar-refractivity contribution in [2.75, 3.05) is 12.4 Å². The van der Waals surface area contributed by atoms with E-state index in [4.69, 9.17) is 11.6 Å². The molecule has 170 valence electrons. The molecule has 1 aliphatic rings. The average molecular weight is 498 g/mol. The van der Waals surface area contributed by atoms with Gasteiger partial charge in [-0.2, -0.15) is 22.5 Å². The second kappa shape index (κ2) is 8.56. The number of aromatic nitrogens is 2. The van der Waals surface area contributed by atoms with Gasteiger partial charge < -0.3 is 5.32 Å². The Morgan fingerprint density at radius 3 is 2.75 bits per heavy atom. The van der Waals surface area contributed by atoms with E-state index in [9.17, 15) is 17.6 Å². The summed E-state index contributed by atoms with van der Waals surface area (Å²) >= 11 is 7.26. The number of carbonyl (C=O) groups is 1. The quantitative estimate of drug-likeness (QED) is 0.577. The van der Waals surface area contributed by atoms with Crippen molar-refractivity contribution in [1.29, 1.82) is 0 Å². The Labute approximate surface area is 194 Å². The number of amides is 1. The number of hydrogen-bond donors (Lipinski definition) is 2. The van der Waals surface area contributed by atoms with Gasteiger partial charge in [0.2, 0.25) is 5.91 Å². The maximum atomic E-state index is 13.4. The predicted molar refractivity (Wildman–Crippen MR) is 122 cm³/mol. The molecule has 32 heavy (non-hydrogen) atoms. The average Bonchev–Trinajstić information content (AvgIpc) is 3.32. The van der Waals surface area contributed by atoms with Crippen LogP contribution < -0.4 is 10.0 Å². The highest BCUT2D eigenvalue weighted by molar-refractivity contribution is 7.87. The minimum absolute atomic E-state index is 0.135. The highest BCUT2D eigenvalue weighted by atomic mass is 35.5. The van der Waals surface area contributed by atoms with Crippen LogP contribution in [0.3, 0.4) is 0 Å². The van der Waals surface area contributed by atoms with Crippen LogP contribution in [0.2, 0.25) is 5.02 Å². The largest absolute Gasteiger partial charge is 0.325 e. The van der Waals surface area contributed by atoms with E-state index in [0.717, 1.165) is 31.3 Å². The van der Waals surface area contributed by atoms with Crippen molar-refractivity contribution in [3.8, 4) is 11.1 Å². The summed E-state index contributed by atoms with van der Waals surface area (Å²) in [5.74, 6) is -1.13. The highest BCUT2D eigenvalue weighted by Gasteiger charge is 2.41. The molecule has 2 aromatic heterocycles. The number of thiophene rings is 1. The van der Waals surface area contributed by atoms with Gasteiger partial charge in [-0.3, -0.25) is 9.48 Å². The van der Waals surface area contributed by atoms with Crippen molar-refractivity contribution in [3.05, 3.63) is 57.3 Å². The lowest BCUT2D eigenvalue weighted by Gasteiger charge is -2.35. The van der Waals surface area contributed by atoms with Gasteiger partial charge in [0.1, 0.15) is 11.9 Å². The second-order valence-corrected chi connectivity index (χ2v) is 11.0. The number of anilines is 1. The molecule has 0 radical (unpaired) electrons. The zero-order valence-electron chi connectivity index (χ0n) is 17.5. The summed E-state index contributed by atoms with van der Waals surface area (Å²) in [7, 11) is -0.721. The fraction of sp³-hybridized carbons (Fsp3) is 0.300. The number of nitrogens with one attached hydrogen (secondary N) is 2. The van der Waals surface area contributed by atoms with Crippen molar-refractivity contribution in [2.45, 2.75) is 25.4 Å². The predicted octanol–water partition coefficient (Wildman–Crippen LogP) is 3.47. The van der Waals surface area contributed by atoms with Crippen molar-refractivity contribution in [3.63, 3.8) is 0 Å². The van der Waals surface area contributed by atoms with Crippen LogP contribution in [-0.2, 0) is 22.1 Å². The molecule has 0 bridgehead atoms. The number of nitrogens with zero attached hydrogens (tertiary/aromatic N) is 3.